The predicted octanol–water partition coefficient (Wildman–Crippen LogP) is 3.94. The van der Waals surface area contributed by atoms with Gasteiger partial charge in [-0.2, -0.15) is 0 Å². The molecular formula is C18H26N2O2. The van der Waals surface area contributed by atoms with Gasteiger partial charge < -0.3 is 15.4 Å². The first-order valence-electron chi connectivity index (χ1n) is 8.60. The summed E-state index contributed by atoms with van der Waals surface area (Å²) >= 11 is 0. The summed E-state index contributed by atoms with van der Waals surface area (Å²) in [6.07, 6.45) is 9.44. The largest absolute Gasteiger partial charge is 0.382 e. The number of carbonyl (C=O) groups excluding carboxylic acids is 1. The molecule has 0 spiro atoms. The Morgan fingerprint density at radius 3 is 2.23 bits per heavy atom. The molecule has 2 fully saturated rings. The summed E-state index contributed by atoms with van der Waals surface area (Å²) in [4.78, 5) is 12.0. The van der Waals surface area contributed by atoms with Crippen molar-refractivity contribution in [1.29, 1.82) is 0 Å². The lowest BCUT2D eigenvalue weighted by molar-refractivity contribution is -0.124. The lowest BCUT2D eigenvalue weighted by Crippen LogP contribution is -2.26. The minimum absolute atomic E-state index is 0.0259. The SMILES string of the molecule is O=C(Nc1ccc(NC2CCCCCC2)cc1)C1CCCO1. The van der Waals surface area contributed by atoms with Crippen LogP contribution in [0.2, 0.25) is 0 Å². The zero-order valence-corrected chi connectivity index (χ0v) is 13.1. The highest BCUT2D eigenvalue weighted by atomic mass is 16.5. The summed E-state index contributed by atoms with van der Waals surface area (Å²) in [6.45, 7) is 0.697. The Morgan fingerprint density at radius 1 is 0.909 bits per heavy atom. The Morgan fingerprint density at radius 2 is 1.59 bits per heavy atom. The van der Waals surface area contributed by atoms with Crippen molar-refractivity contribution in [1.82, 2.24) is 0 Å². The molecule has 1 aromatic carbocycles. The Kier molecular flexibility index (Phi) is 5.33. The van der Waals surface area contributed by atoms with Crippen LogP contribution in [0.5, 0.6) is 0 Å². The summed E-state index contributed by atoms with van der Waals surface area (Å²) in [5, 5.41) is 6.55. The van der Waals surface area contributed by atoms with E-state index in [0.29, 0.717) is 12.6 Å². The molecule has 2 N–H and O–H groups in total. The van der Waals surface area contributed by atoms with Crippen LogP contribution in [0.25, 0.3) is 0 Å². The number of hydrogen-bond acceptors (Lipinski definition) is 3. The number of benzene rings is 1. The number of anilines is 2. The van der Waals surface area contributed by atoms with Crippen LogP contribution < -0.4 is 10.6 Å². The standard InChI is InChI=1S/C18H26N2O2/c21-18(17-8-5-13-22-17)20-16-11-9-15(10-12-16)19-14-6-3-1-2-4-7-14/h9-12,14,17,19H,1-8,13H2,(H,20,21). The molecule has 22 heavy (non-hydrogen) atoms. The maximum absolute atomic E-state index is 12.0. The van der Waals surface area contributed by atoms with Gasteiger partial charge in [-0.25, -0.2) is 0 Å². The topological polar surface area (TPSA) is 50.4 Å². The molecule has 0 aromatic heterocycles. The molecule has 1 saturated heterocycles. The molecule has 120 valence electrons. The van der Waals surface area contributed by atoms with Crippen LogP contribution in [0, 0.1) is 0 Å². The fourth-order valence-corrected chi connectivity index (χ4v) is 3.32. The van der Waals surface area contributed by atoms with Gasteiger partial charge >= 0.3 is 0 Å². The molecule has 4 nitrogen and oxygen atoms in total. The second kappa shape index (κ2) is 7.63. The monoisotopic (exact) mass is 302 g/mol. The van der Waals surface area contributed by atoms with Crippen molar-refractivity contribution in [2.24, 2.45) is 0 Å². The first kappa shape index (κ1) is 15.3. The van der Waals surface area contributed by atoms with E-state index >= 15 is 0 Å². The highest BCUT2D eigenvalue weighted by Gasteiger charge is 2.23. The van der Waals surface area contributed by atoms with Gasteiger partial charge in [0.25, 0.3) is 5.91 Å². The van der Waals surface area contributed by atoms with Crippen LogP contribution in [0.3, 0.4) is 0 Å². The molecule has 1 atom stereocenters. The van der Waals surface area contributed by atoms with Crippen molar-refractivity contribution in [2.45, 2.75) is 63.5 Å². The van der Waals surface area contributed by atoms with Gasteiger partial charge in [-0.05, 0) is 49.9 Å². The van der Waals surface area contributed by atoms with Crippen LogP contribution in [-0.4, -0.2) is 24.7 Å². The summed E-state index contributed by atoms with van der Waals surface area (Å²) < 4.78 is 5.40. The molecule has 1 aromatic rings. The second-order valence-electron chi connectivity index (χ2n) is 6.40. The van der Waals surface area contributed by atoms with E-state index < -0.39 is 0 Å². The molecule has 3 rings (SSSR count). The lowest BCUT2D eigenvalue weighted by atomic mass is 10.1. The molecule has 1 aliphatic carbocycles. The van der Waals surface area contributed by atoms with Gasteiger partial charge in [-0.1, -0.05) is 25.7 Å². The zero-order valence-electron chi connectivity index (χ0n) is 13.1. The van der Waals surface area contributed by atoms with Crippen LogP contribution in [0.4, 0.5) is 11.4 Å². The Bertz CT molecular complexity index is 472. The summed E-state index contributed by atoms with van der Waals surface area (Å²) in [5.74, 6) is -0.0259. The predicted molar refractivity (Wildman–Crippen MR) is 89.2 cm³/mol. The number of ether oxygens (including phenoxy) is 1. The van der Waals surface area contributed by atoms with Crippen molar-refractivity contribution in [2.75, 3.05) is 17.2 Å². The maximum atomic E-state index is 12.0. The van der Waals surface area contributed by atoms with E-state index in [-0.39, 0.29) is 12.0 Å². The smallest absolute Gasteiger partial charge is 0.253 e. The zero-order chi connectivity index (χ0) is 15.2. The minimum Gasteiger partial charge on any atom is -0.382 e. The van der Waals surface area contributed by atoms with E-state index in [0.717, 1.165) is 24.2 Å². The highest BCUT2D eigenvalue weighted by molar-refractivity contribution is 5.94. The van der Waals surface area contributed by atoms with Crippen LogP contribution in [0.1, 0.15) is 51.4 Å². The maximum Gasteiger partial charge on any atom is 0.253 e. The van der Waals surface area contributed by atoms with Crippen LogP contribution >= 0.6 is 0 Å². The molecule has 0 radical (unpaired) electrons. The van der Waals surface area contributed by atoms with Gasteiger partial charge in [0.1, 0.15) is 6.10 Å². The summed E-state index contributed by atoms with van der Waals surface area (Å²) in [5.41, 5.74) is 1.98. The fourth-order valence-electron chi connectivity index (χ4n) is 3.32. The van der Waals surface area contributed by atoms with Crippen LogP contribution in [0.15, 0.2) is 24.3 Å². The van der Waals surface area contributed by atoms with Gasteiger partial charge in [-0.3, -0.25) is 4.79 Å². The normalized spacial score (nSPS) is 23.0. The molecule has 2 aliphatic rings. The Hall–Kier alpha value is -1.55. The third-order valence-electron chi connectivity index (χ3n) is 4.60. The van der Waals surface area contributed by atoms with E-state index in [4.69, 9.17) is 4.74 Å². The second-order valence-corrected chi connectivity index (χ2v) is 6.40. The number of carbonyl (C=O) groups is 1. The van der Waals surface area contributed by atoms with Crippen molar-refractivity contribution < 1.29 is 9.53 Å². The molecule has 4 heteroatoms. The molecule has 1 amide bonds. The van der Waals surface area contributed by atoms with Crippen LogP contribution in [-0.2, 0) is 9.53 Å². The molecule has 0 bridgehead atoms. The Labute approximate surface area is 132 Å². The van der Waals surface area contributed by atoms with E-state index in [1.54, 1.807) is 0 Å². The molecule has 1 unspecified atom stereocenters. The fraction of sp³-hybridized carbons (Fsp3) is 0.611. The molecule has 1 aliphatic heterocycles. The van der Waals surface area contributed by atoms with Gasteiger partial charge in [0.15, 0.2) is 0 Å². The van der Waals surface area contributed by atoms with Gasteiger partial charge in [0.05, 0.1) is 0 Å². The average Bonchev–Trinajstić information content (AvgIpc) is 2.95. The third kappa shape index (κ3) is 4.23. The molecular weight excluding hydrogens is 276 g/mol. The molecule has 1 heterocycles. The number of hydrogen-bond donors (Lipinski definition) is 2. The van der Waals surface area contributed by atoms with Crippen molar-refractivity contribution in [3.8, 4) is 0 Å². The van der Waals surface area contributed by atoms with Crippen molar-refractivity contribution >= 4 is 17.3 Å². The third-order valence-corrected chi connectivity index (χ3v) is 4.60. The lowest BCUT2D eigenvalue weighted by Gasteiger charge is -2.18. The van der Waals surface area contributed by atoms with E-state index in [1.807, 2.05) is 12.1 Å². The summed E-state index contributed by atoms with van der Waals surface area (Å²) in [7, 11) is 0. The minimum atomic E-state index is -0.274. The first-order chi connectivity index (χ1) is 10.8. The van der Waals surface area contributed by atoms with Crippen molar-refractivity contribution in [3.63, 3.8) is 0 Å². The average molecular weight is 302 g/mol. The molecule has 1 saturated carbocycles. The van der Waals surface area contributed by atoms with Crippen molar-refractivity contribution in [3.05, 3.63) is 24.3 Å². The Balaban J connectivity index is 1.52. The van der Waals surface area contributed by atoms with Gasteiger partial charge in [-0.15, -0.1) is 0 Å². The van der Waals surface area contributed by atoms with Gasteiger partial charge in [0.2, 0.25) is 0 Å². The number of nitrogens with one attached hydrogen (secondary N) is 2. The first-order valence-corrected chi connectivity index (χ1v) is 8.60. The van der Waals surface area contributed by atoms with E-state index in [1.165, 1.54) is 38.5 Å². The van der Waals surface area contributed by atoms with E-state index in [2.05, 4.69) is 22.8 Å². The summed E-state index contributed by atoms with van der Waals surface area (Å²) in [6, 6.07) is 8.62. The highest BCUT2D eigenvalue weighted by Crippen LogP contribution is 2.22. The van der Waals surface area contributed by atoms with Gasteiger partial charge in [0, 0.05) is 24.0 Å². The number of amides is 1. The quantitative estimate of drug-likeness (QED) is 0.828. The van der Waals surface area contributed by atoms with E-state index in [9.17, 15) is 4.79 Å². The number of rotatable bonds is 4.